The van der Waals surface area contributed by atoms with Crippen LogP contribution in [0.3, 0.4) is 0 Å². The number of esters is 1. The molecule has 15 heavy (non-hydrogen) atoms. The van der Waals surface area contributed by atoms with E-state index in [2.05, 4.69) is 20.4 Å². The Kier molecular flexibility index (Phi) is 3.24. The number of ether oxygens (including phenoxy) is 2. The van der Waals surface area contributed by atoms with Crippen molar-refractivity contribution < 1.29 is 14.3 Å². The van der Waals surface area contributed by atoms with Gasteiger partial charge >= 0.3 is 5.97 Å². The van der Waals surface area contributed by atoms with Crippen LogP contribution in [0.15, 0.2) is 12.2 Å². The largest absolute Gasteiger partial charge is 0.450 e. The molecule has 1 fully saturated rings. The second-order valence-corrected chi connectivity index (χ2v) is 4.39. The molecule has 0 N–H and O–H groups in total. The molecule has 0 saturated carbocycles. The SMILES string of the molecule is C=C(C)C(=O)OC1(C)COC1(CC)CC. The normalized spacial score (nSPS) is 28.0. The first-order valence-electron chi connectivity index (χ1n) is 5.43. The van der Waals surface area contributed by atoms with Gasteiger partial charge in [-0.15, -0.1) is 0 Å². The van der Waals surface area contributed by atoms with Crippen LogP contribution in [0, 0.1) is 0 Å². The lowest BCUT2D eigenvalue weighted by Gasteiger charge is -2.55. The molecule has 3 nitrogen and oxygen atoms in total. The highest BCUT2D eigenvalue weighted by molar-refractivity contribution is 5.87. The Hall–Kier alpha value is -0.830. The zero-order chi connectivity index (χ0) is 11.7. The molecule has 0 bridgehead atoms. The molecule has 1 aliphatic rings. The third-order valence-electron chi connectivity index (χ3n) is 3.40. The van der Waals surface area contributed by atoms with Crippen molar-refractivity contribution in [2.45, 2.75) is 51.7 Å². The Morgan fingerprint density at radius 1 is 1.47 bits per heavy atom. The number of hydrogen-bond donors (Lipinski definition) is 0. The summed E-state index contributed by atoms with van der Waals surface area (Å²) in [5.41, 5.74) is -0.366. The van der Waals surface area contributed by atoms with Crippen molar-refractivity contribution in [3.05, 3.63) is 12.2 Å². The maximum Gasteiger partial charge on any atom is 0.333 e. The maximum absolute atomic E-state index is 11.5. The van der Waals surface area contributed by atoms with E-state index in [0.29, 0.717) is 12.2 Å². The second kappa shape index (κ2) is 3.97. The van der Waals surface area contributed by atoms with E-state index in [1.54, 1.807) is 6.92 Å². The Morgan fingerprint density at radius 2 is 2.00 bits per heavy atom. The fourth-order valence-electron chi connectivity index (χ4n) is 2.10. The molecule has 1 heterocycles. The van der Waals surface area contributed by atoms with E-state index in [9.17, 15) is 4.79 Å². The van der Waals surface area contributed by atoms with Crippen LogP contribution in [0.2, 0.25) is 0 Å². The average Bonchev–Trinajstić information content (AvgIpc) is 2.18. The first-order chi connectivity index (χ1) is 6.91. The van der Waals surface area contributed by atoms with E-state index >= 15 is 0 Å². The van der Waals surface area contributed by atoms with Crippen LogP contribution in [0.25, 0.3) is 0 Å². The zero-order valence-electron chi connectivity index (χ0n) is 10.1. The lowest BCUT2D eigenvalue weighted by molar-refractivity contribution is -0.303. The fourth-order valence-corrected chi connectivity index (χ4v) is 2.10. The minimum Gasteiger partial charge on any atom is -0.450 e. The topological polar surface area (TPSA) is 35.5 Å². The summed E-state index contributed by atoms with van der Waals surface area (Å²) in [5.74, 6) is -0.327. The zero-order valence-corrected chi connectivity index (χ0v) is 10.1. The second-order valence-electron chi connectivity index (χ2n) is 4.39. The molecule has 1 saturated heterocycles. The van der Waals surface area contributed by atoms with Crippen LogP contribution < -0.4 is 0 Å². The van der Waals surface area contributed by atoms with Crippen molar-refractivity contribution in [1.82, 2.24) is 0 Å². The smallest absolute Gasteiger partial charge is 0.333 e. The van der Waals surface area contributed by atoms with Gasteiger partial charge in [-0.05, 0) is 26.7 Å². The highest BCUT2D eigenvalue weighted by atomic mass is 16.6. The lowest BCUT2D eigenvalue weighted by atomic mass is 9.75. The molecule has 0 aromatic heterocycles. The molecule has 0 aromatic rings. The third-order valence-corrected chi connectivity index (χ3v) is 3.40. The molecule has 86 valence electrons. The van der Waals surface area contributed by atoms with Crippen LogP contribution in [-0.2, 0) is 14.3 Å². The Balaban J connectivity index is 2.76. The Morgan fingerprint density at radius 3 is 2.27 bits per heavy atom. The minimum atomic E-state index is -0.494. The number of carbonyl (C=O) groups is 1. The molecule has 1 atom stereocenters. The first kappa shape index (κ1) is 12.2. The lowest BCUT2D eigenvalue weighted by Crippen LogP contribution is -2.68. The molecule has 0 spiro atoms. The first-order valence-corrected chi connectivity index (χ1v) is 5.43. The fraction of sp³-hybridized carbons (Fsp3) is 0.750. The summed E-state index contributed by atoms with van der Waals surface area (Å²) < 4.78 is 11.1. The van der Waals surface area contributed by atoms with E-state index in [4.69, 9.17) is 9.47 Å². The predicted octanol–water partition coefficient (Wildman–Crippen LogP) is 2.45. The third kappa shape index (κ3) is 1.81. The van der Waals surface area contributed by atoms with Gasteiger partial charge in [0.25, 0.3) is 0 Å². The molecular formula is C12H20O3. The Bertz CT molecular complexity index is 273. The van der Waals surface area contributed by atoms with E-state index < -0.39 is 5.60 Å². The summed E-state index contributed by atoms with van der Waals surface area (Å²) in [6.45, 7) is 11.8. The van der Waals surface area contributed by atoms with Gasteiger partial charge in [0.15, 0.2) is 5.60 Å². The molecule has 0 aliphatic carbocycles. The molecule has 1 rings (SSSR count). The standard InChI is InChI=1S/C12H20O3/c1-6-12(7-2)11(5,8-14-12)15-10(13)9(3)4/h3,6-8H2,1-2,4-5H3. The van der Waals surface area contributed by atoms with Crippen molar-refractivity contribution in [3.8, 4) is 0 Å². The van der Waals surface area contributed by atoms with Gasteiger partial charge in [-0.1, -0.05) is 20.4 Å². The molecular weight excluding hydrogens is 192 g/mol. The molecule has 0 aromatic carbocycles. The van der Waals surface area contributed by atoms with Crippen LogP contribution in [0.5, 0.6) is 0 Å². The predicted molar refractivity (Wildman–Crippen MR) is 58.6 cm³/mol. The van der Waals surface area contributed by atoms with Crippen molar-refractivity contribution in [1.29, 1.82) is 0 Å². The number of rotatable bonds is 4. The van der Waals surface area contributed by atoms with Crippen LogP contribution in [-0.4, -0.2) is 23.8 Å². The molecule has 1 aliphatic heterocycles. The van der Waals surface area contributed by atoms with Crippen LogP contribution in [0.1, 0.15) is 40.5 Å². The van der Waals surface area contributed by atoms with E-state index in [1.165, 1.54) is 0 Å². The average molecular weight is 212 g/mol. The van der Waals surface area contributed by atoms with Crippen LogP contribution in [0.4, 0.5) is 0 Å². The van der Waals surface area contributed by atoms with Gasteiger partial charge in [0, 0.05) is 5.57 Å². The highest BCUT2D eigenvalue weighted by Crippen LogP contribution is 2.45. The van der Waals surface area contributed by atoms with Gasteiger partial charge in [-0.25, -0.2) is 4.79 Å². The molecule has 1 unspecified atom stereocenters. The van der Waals surface area contributed by atoms with Gasteiger partial charge in [-0.2, -0.15) is 0 Å². The van der Waals surface area contributed by atoms with Gasteiger partial charge in [0.05, 0.1) is 6.61 Å². The van der Waals surface area contributed by atoms with Crippen molar-refractivity contribution in [2.24, 2.45) is 0 Å². The van der Waals surface area contributed by atoms with E-state index in [-0.39, 0.29) is 11.6 Å². The summed E-state index contributed by atoms with van der Waals surface area (Å²) in [7, 11) is 0. The quantitative estimate of drug-likeness (QED) is 0.530. The van der Waals surface area contributed by atoms with E-state index in [0.717, 1.165) is 12.8 Å². The summed E-state index contributed by atoms with van der Waals surface area (Å²) in [4.78, 5) is 11.5. The van der Waals surface area contributed by atoms with Gasteiger partial charge in [0.1, 0.15) is 5.60 Å². The van der Waals surface area contributed by atoms with Gasteiger partial charge < -0.3 is 9.47 Å². The molecule has 0 amide bonds. The van der Waals surface area contributed by atoms with Gasteiger partial charge in [0.2, 0.25) is 0 Å². The summed E-state index contributed by atoms with van der Waals surface area (Å²) >= 11 is 0. The van der Waals surface area contributed by atoms with Crippen molar-refractivity contribution in [3.63, 3.8) is 0 Å². The summed E-state index contributed by atoms with van der Waals surface area (Å²) in [6.07, 6.45) is 1.70. The monoisotopic (exact) mass is 212 g/mol. The van der Waals surface area contributed by atoms with Crippen molar-refractivity contribution in [2.75, 3.05) is 6.61 Å². The summed E-state index contributed by atoms with van der Waals surface area (Å²) in [6, 6.07) is 0. The molecule has 3 heteroatoms. The van der Waals surface area contributed by atoms with Crippen molar-refractivity contribution >= 4 is 5.97 Å². The minimum absolute atomic E-state index is 0.307. The van der Waals surface area contributed by atoms with Gasteiger partial charge in [-0.3, -0.25) is 0 Å². The summed E-state index contributed by atoms with van der Waals surface area (Å²) in [5, 5.41) is 0. The number of hydrogen-bond acceptors (Lipinski definition) is 3. The highest BCUT2D eigenvalue weighted by Gasteiger charge is 2.58. The molecule has 0 radical (unpaired) electrons. The number of carbonyl (C=O) groups excluding carboxylic acids is 1. The maximum atomic E-state index is 11.5. The van der Waals surface area contributed by atoms with Crippen LogP contribution >= 0.6 is 0 Å². The Labute approximate surface area is 91.4 Å². The van der Waals surface area contributed by atoms with E-state index in [1.807, 2.05) is 6.92 Å².